The summed E-state index contributed by atoms with van der Waals surface area (Å²) in [6.07, 6.45) is 1.47. The zero-order valence-corrected chi connectivity index (χ0v) is 17.2. The average molecular weight is 449 g/mol. The van der Waals surface area contributed by atoms with Crippen LogP contribution in [0.4, 0.5) is 10.1 Å². The molecule has 0 atom stereocenters. The van der Waals surface area contributed by atoms with E-state index in [9.17, 15) is 17.6 Å². The second-order valence-electron chi connectivity index (χ2n) is 6.29. The van der Waals surface area contributed by atoms with Crippen molar-refractivity contribution in [1.29, 1.82) is 0 Å². The van der Waals surface area contributed by atoms with Crippen LogP contribution in [0, 0.1) is 0 Å². The molecule has 0 radical (unpaired) electrons. The molecular formula is C17H19Cl2FN4O3S. The quantitative estimate of drug-likeness (QED) is 0.677. The van der Waals surface area contributed by atoms with Crippen LogP contribution in [0.5, 0.6) is 0 Å². The highest BCUT2D eigenvalue weighted by Gasteiger charge is 2.28. The summed E-state index contributed by atoms with van der Waals surface area (Å²) in [6, 6.07) is 6.69. The van der Waals surface area contributed by atoms with Crippen molar-refractivity contribution in [3.63, 3.8) is 0 Å². The monoisotopic (exact) mass is 448 g/mol. The maximum absolute atomic E-state index is 12.6. The van der Waals surface area contributed by atoms with Gasteiger partial charge in [0.05, 0.1) is 30.0 Å². The Morgan fingerprint density at radius 2 is 1.86 bits per heavy atom. The first-order valence-electron chi connectivity index (χ1n) is 8.66. The molecule has 1 aromatic heterocycles. The molecule has 0 aliphatic carbocycles. The fourth-order valence-electron chi connectivity index (χ4n) is 3.01. The highest BCUT2D eigenvalue weighted by molar-refractivity contribution is 7.89. The number of anilines is 1. The van der Waals surface area contributed by atoms with E-state index in [0.29, 0.717) is 29.5 Å². The molecule has 1 aliphatic rings. The lowest BCUT2D eigenvalue weighted by Gasteiger charge is -2.35. The summed E-state index contributed by atoms with van der Waals surface area (Å²) < 4.78 is 39.1. The standard InChI is InChI=1S/C17H19Cl2FN4O3S/c18-13-3-1-4-14(11-13)24-17(25)16(19)15(12-21-24)22-6-8-23(9-7-22)28(26,27)10-2-5-20/h1,3-4,11-12H,2,5-10H2. The van der Waals surface area contributed by atoms with Gasteiger partial charge in [0.2, 0.25) is 10.0 Å². The van der Waals surface area contributed by atoms with Crippen molar-refractivity contribution in [1.82, 2.24) is 14.1 Å². The van der Waals surface area contributed by atoms with Crippen molar-refractivity contribution in [2.24, 2.45) is 0 Å². The second kappa shape index (κ2) is 8.77. The van der Waals surface area contributed by atoms with E-state index in [4.69, 9.17) is 23.2 Å². The fraction of sp³-hybridized carbons (Fsp3) is 0.412. The molecule has 152 valence electrons. The molecule has 3 rings (SSSR count). The number of halogens is 3. The van der Waals surface area contributed by atoms with Crippen LogP contribution in [-0.4, -0.2) is 61.1 Å². The van der Waals surface area contributed by atoms with Crippen molar-refractivity contribution < 1.29 is 12.8 Å². The molecular weight excluding hydrogens is 430 g/mol. The highest BCUT2D eigenvalue weighted by atomic mass is 35.5. The van der Waals surface area contributed by atoms with E-state index in [2.05, 4.69) is 5.10 Å². The molecule has 7 nitrogen and oxygen atoms in total. The van der Waals surface area contributed by atoms with Gasteiger partial charge >= 0.3 is 0 Å². The second-order valence-corrected chi connectivity index (χ2v) is 9.19. The minimum Gasteiger partial charge on any atom is -0.366 e. The fourth-order valence-corrected chi connectivity index (χ4v) is 4.89. The minimum absolute atomic E-state index is 0.00344. The number of alkyl halides is 1. The van der Waals surface area contributed by atoms with E-state index in [1.807, 2.05) is 4.90 Å². The molecule has 2 heterocycles. The smallest absolute Gasteiger partial charge is 0.292 e. The van der Waals surface area contributed by atoms with E-state index in [1.165, 1.54) is 10.5 Å². The third-order valence-corrected chi connectivity index (χ3v) is 7.01. The predicted octanol–water partition coefficient (Wildman–Crippen LogP) is 2.35. The summed E-state index contributed by atoms with van der Waals surface area (Å²) >= 11 is 12.3. The first-order chi connectivity index (χ1) is 13.3. The van der Waals surface area contributed by atoms with Crippen LogP contribution in [0.2, 0.25) is 10.0 Å². The molecule has 0 amide bonds. The first-order valence-corrected chi connectivity index (χ1v) is 11.0. The third kappa shape index (κ3) is 4.48. The number of aromatic nitrogens is 2. The summed E-state index contributed by atoms with van der Waals surface area (Å²) in [5, 5.41) is 4.65. The summed E-state index contributed by atoms with van der Waals surface area (Å²) in [5.74, 6) is -0.207. The third-order valence-electron chi connectivity index (χ3n) is 4.46. The molecule has 1 fully saturated rings. The molecule has 2 aromatic rings. The van der Waals surface area contributed by atoms with Crippen LogP contribution in [0.1, 0.15) is 6.42 Å². The summed E-state index contributed by atoms with van der Waals surface area (Å²) in [7, 11) is -3.48. The lowest BCUT2D eigenvalue weighted by molar-refractivity contribution is 0.381. The van der Waals surface area contributed by atoms with Gasteiger partial charge in [0.15, 0.2) is 0 Å². The number of hydrogen-bond donors (Lipinski definition) is 0. The zero-order chi connectivity index (χ0) is 20.3. The number of nitrogens with zero attached hydrogens (tertiary/aromatic N) is 4. The SMILES string of the molecule is O=c1c(Cl)c(N2CCN(S(=O)(=O)CCCF)CC2)cnn1-c1cccc(Cl)c1. The number of rotatable bonds is 6. The van der Waals surface area contributed by atoms with E-state index in [-0.39, 0.29) is 30.3 Å². The number of benzene rings is 1. The highest BCUT2D eigenvalue weighted by Crippen LogP contribution is 2.24. The lowest BCUT2D eigenvalue weighted by Crippen LogP contribution is -2.49. The van der Waals surface area contributed by atoms with Crippen LogP contribution >= 0.6 is 23.2 Å². The van der Waals surface area contributed by atoms with Gasteiger partial charge in [-0.1, -0.05) is 29.3 Å². The minimum atomic E-state index is -3.48. The summed E-state index contributed by atoms with van der Waals surface area (Å²) in [5.41, 5.74) is 0.458. The molecule has 1 aromatic carbocycles. The van der Waals surface area contributed by atoms with E-state index >= 15 is 0 Å². The Kier molecular flexibility index (Phi) is 6.59. The van der Waals surface area contributed by atoms with Gasteiger partial charge in [0.1, 0.15) is 5.02 Å². The van der Waals surface area contributed by atoms with E-state index in [1.54, 1.807) is 24.3 Å². The van der Waals surface area contributed by atoms with Gasteiger partial charge in [-0.25, -0.2) is 8.42 Å². The summed E-state index contributed by atoms with van der Waals surface area (Å²) in [6.45, 7) is 0.530. The van der Waals surface area contributed by atoms with Gasteiger partial charge < -0.3 is 4.90 Å². The molecule has 0 N–H and O–H groups in total. The Morgan fingerprint density at radius 1 is 1.14 bits per heavy atom. The van der Waals surface area contributed by atoms with Crippen molar-refractivity contribution in [2.45, 2.75) is 6.42 Å². The van der Waals surface area contributed by atoms with E-state index in [0.717, 1.165) is 4.68 Å². The Bertz CT molecular complexity index is 1010. The maximum atomic E-state index is 12.6. The Morgan fingerprint density at radius 3 is 2.50 bits per heavy atom. The number of sulfonamides is 1. The van der Waals surface area contributed by atoms with Crippen molar-refractivity contribution in [2.75, 3.05) is 43.5 Å². The molecule has 0 spiro atoms. The van der Waals surface area contributed by atoms with Crippen LogP contribution in [0.15, 0.2) is 35.3 Å². The predicted molar refractivity (Wildman–Crippen MR) is 108 cm³/mol. The molecule has 0 saturated carbocycles. The Hall–Kier alpha value is -1.68. The normalized spacial score (nSPS) is 15.8. The molecule has 1 aliphatic heterocycles. The molecule has 0 unspecified atom stereocenters. The number of hydrogen-bond acceptors (Lipinski definition) is 5. The average Bonchev–Trinajstić information content (AvgIpc) is 2.68. The van der Waals surface area contributed by atoms with Crippen LogP contribution in [0.3, 0.4) is 0 Å². The van der Waals surface area contributed by atoms with Crippen molar-refractivity contribution in [3.05, 3.63) is 50.9 Å². The van der Waals surface area contributed by atoms with Crippen molar-refractivity contribution in [3.8, 4) is 5.69 Å². The number of piperazine rings is 1. The van der Waals surface area contributed by atoms with Gasteiger partial charge in [-0.2, -0.15) is 14.1 Å². The largest absolute Gasteiger partial charge is 0.366 e. The zero-order valence-electron chi connectivity index (χ0n) is 14.9. The van der Waals surface area contributed by atoms with Gasteiger partial charge in [-0.15, -0.1) is 0 Å². The van der Waals surface area contributed by atoms with Gasteiger partial charge in [0, 0.05) is 31.2 Å². The van der Waals surface area contributed by atoms with Crippen molar-refractivity contribution >= 4 is 38.9 Å². The van der Waals surface area contributed by atoms with Gasteiger partial charge in [-0.05, 0) is 24.6 Å². The maximum Gasteiger partial charge on any atom is 0.292 e. The Labute approximate surface area is 172 Å². The lowest BCUT2D eigenvalue weighted by atomic mass is 10.3. The van der Waals surface area contributed by atoms with Crippen LogP contribution in [-0.2, 0) is 10.0 Å². The van der Waals surface area contributed by atoms with Gasteiger partial charge in [-0.3, -0.25) is 9.18 Å². The van der Waals surface area contributed by atoms with E-state index < -0.39 is 22.3 Å². The van der Waals surface area contributed by atoms with Gasteiger partial charge in [0.25, 0.3) is 5.56 Å². The molecule has 11 heteroatoms. The Balaban J connectivity index is 1.77. The molecule has 1 saturated heterocycles. The molecule has 28 heavy (non-hydrogen) atoms. The van der Waals surface area contributed by atoms with Crippen LogP contribution < -0.4 is 10.5 Å². The first kappa shape index (κ1) is 21.0. The molecule has 0 bridgehead atoms. The summed E-state index contributed by atoms with van der Waals surface area (Å²) in [4.78, 5) is 14.5. The van der Waals surface area contributed by atoms with Crippen LogP contribution in [0.25, 0.3) is 5.69 Å². The topological polar surface area (TPSA) is 75.5 Å².